The molecule has 1 aromatic carbocycles. The van der Waals surface area contributed by atoms with Gasteiger partial charge in [-0.1, -0.05) is 28.1 Å². The molecule has 1 aromatic heterocycles. The predicted octanol–water partition coefficient (Wildman–Crippen LogP) is 4.22. The van der Waals surface area contributed by atoms with Gasteiger partial charge in [0, 0.05) is 22.5 Å². The van der Waals surface area contributed by atoms with Crippen molar-refractivity contribution in [1.82, 2.24) is 20.0 Å². The molecule has 8 heteroatoms. The van der Waals surface area contributed by atoms with Crippen LogP contribution in [0.4, 0.5) is 4.79 Å². The van der Waals surface area contributed by atoms with Crippen molar-refractivity contribution in [3.05, 3.63) is 51.3 Å². The van der Waals surface area contributed by atoms with E-state index in [2.05, 4.69) is 33.4 Å². The molecule has 1 aliphatic heterocycles. The highest BCUT2D eigenvalue weighted by Gasteiger charge is 2.52. The number of fused-ring (bicyclic) bond motifs is 1. The lowest BCUT2D eigenvalue weighted by atomic mass is 9.85. The first-order chi connectivity index (χ1) is 14.6. The van der Waals surface area contributed by atoms with E-state index in [4.69, 9.17) is 9.84 Å². The third-order valence-electron chi connectivity index (χ3n) is 6.02. The highest BCUT2D eigenvalue weighted by atomic mass is 79.9. The van der Waals surface area contributed by atoms with Crippen molar-refractivity contribution in [3.8, 4) is 0 Å². The second kappa shape index (κ2) is 7.65. The maximum Gasteiger partial charge on any atom is 0.410 e. The van der Waals surface area contributed by atoms with E-state index in [0.717, 1.165) is 34.1 Å². The molecule has 2 amide bonds. The Morgan fingerprint density at radius 1 is 1.29 bits per heavy atom. The molecule has 1 aliphatic carbocycles. The number of ether oxygens (including phenoxy) is 1. The molecular formula is C23H29BrN4O3. The molecule has 31 heavy (non-hydrogen) atoms. The molecule has 2 heterocycles. The van der Waals surface area contributed by atoms with Crippen molar-refractivity contribution < 1.29 is 14.3 Å². The summed E-state index contributed by atoms with van der Waals surface area (Å²) in [5.41, 5.74) is 2.63. The van der Waals surface area contributed by atoms with Crippen molar-refractivity contribution in [2.45, 2.75) is 70.7 Å². The highest BCUT2D eigenvalue weighted by Crippen LogP contribution is 2.56. The fourth-order valence-electron chi connectivity index (χ4n) is 4.41. The zero-order valence-corrected chi connectivity index (χ0v) is 20.2. The molecule has 0 bridgehead atoms. The van der Waals surface area contributed by atoms with E-state index >= 15 is 0 Å². The molecule has 1 N–H and O–H groups in total. The molecule has 1 saturated carbocycles. The maximum absolute atomic E-state index is 12.9. The number of amides is 2. The lowest BCUT2D eigenvalue weighted by molar-refractivity contribution is 0.00891. The Morgan fingerprint density at radius 3 is 2.58 bits per heavy atom. The SMILES string of the molecule is CNC(=O)c1nn2c(c1C1(c3cccc(Br)c3)CC1)CN(C(=O)OC(C)(C)C)C(C)C2. The van der Waals surface area contributed by atoms with E-state index in [1.165, 1.54) is 0 Å². The summed E-state index contributed by atoms with van der Waals surface area (Å²) >= 11 is 3.58. The van der Waals surface area contributed by atoms with E-state index < -0.39 is 5.60 Å². The van der Waals surface area contributed by atoms with Gasteiger partial charge in [-0.05, 0) is 58.2 Å². The van der Waals surface area contributed by atoms with Gasteiger partial charge in [0.05, 0.1) is 24.8 Å². The zero-order valence-electron chi connectivity index (χ0n) is 18.7. The molecule has 1 atom stereocenters. The fraction of sp³-hybridized carbons (Fsp3) is 0.522. The van der Waals surface area contributed by atoms with Crippen molar-refractivity contribution in [3.63, 3.8) is 0 Å². The average Bonchev–Trinajstić information content (AvgIpc) is 3.40. The van der Waals surface area contributed by atoms with Gasteiger partial charge in [0.15, 0.2) is 5.69 Å². The smallest absolute Gasteiger partial charge is 0.410 e. The second-order valence-electron chi connectivity index (χ2n) is 9.48. The van der Waals surface area contributed by atoms with Crippen LogP contribution in [0.15, 0.2) is 28.7 Å². The molecule has 2 aliphatic rings. The summed E-state index contributed by atoms with van der Waals surface area (Å²) in [6, 6.07) is 8.14. The third-order valence-corrected chi connectivity index (χ3v) is 6.52. The number of hydrogen-bond donors (Lipinski definition) is 1. The molecule has 1 unspecified atom stereocenters. The third kappa shape index (κ3) is 3.97. The van der Waals surface area contributed by atoms with E-state index in [1.54, 1.807) is 11.9 Å². The van der Waals surface area contributed by atoms with Gasteiger partial charge in [-0.2, -0.15) is 5.10 Å². The minimum Gasteiger partial charge on any atom is -0.444 e. The summed E-state index contributed by atoms with van der Waals surface area (Å²) in [5.74, 6) is -0.199. The number of halogens is 1. The number of aromatic nitrogens is 2. The maximum atomic E-state index is 12.9. The number of nitrogens with one attached hydrogen (secondary N) is 1. The Kier molecular flexibility index (Phi) is 5.40. The van der Waals surface area contributed by atoms with E-state index in [1.807, 2.05) is 44.5 Å². The van der Waals surface area contributed by atoms with Crippen molar-refractivity contribution >= 4 is 27.9 Å². The van der Waals surface area contributed by atoms with E-state index in [9.17, 15) is 9.59 Å². The van der Waals surface area contributed by atoms with Crippen molar-refractivity contribution in [1.29, 1.82) is 0 Å². The van der Waals surface area contributed by atoms with Crippen molar-refractivity contribution in [2.24, 2.45) is 0 Å². The number of carbonyl (C=O) groups is 2. The topological polar surface area (TPSA) is 76.5 Å². The first-order valence-corrected chi connectivity index (χ1v) is 11.4. The van der Waals surface area contributed by atoms with Gasteiger partial charge in [-0.15, -0.1) is 0 Å². The Labute approximate surface area is 191 Å². The minimum absolute atomic E-state index is 0.0892. The summed E-state index contributed by atoms with van der Waals surface area (Å²) in [4.78, 5) is 27.5. The Balaban J connectivity index is 1.80. The molecule has 166 valence electrons. The quantitative estimate of drug-likeness (QED) is 0.701. The van der Waals surface area contributed by atoms with Crippen molar-refractivity contribution in [2.75, 3.05) is 7.05 Å². The summed E-state index contributed by atoms with van der Waals surface area (Å²) in [6.45, 7) is 8.47. The number of carbonyl (C=O) groups excluding carboxylic acids is 2. The summed E-state index contributed by atoms with van der Waals surface area (Å²) in [6.07, 6.45) is 1.54. The fourth-order valence-corrected chi connectivity index (χ4v) is 4.81. The second-order valence-corrected chi connectivity index (χ2v) is 10.4. The monoisotopic (exact) mass is 488 g/mol. The van der Waals surface area contributed by atoms with Gasteiger partial charge < -0.3 is 10.1 Å². The lowest BCUT2D eigenvalue weighted by Crippen LogP contribution is -2.47. The van der Waals surface area contributed by atoms with Crippen LogP contribution < -0.4 is 5.32 Å². The zero-order chi connectivity index (χ0) is 22.6. The number of benzene rings is 1. The summed E-state index contributed by atoms with van der Waals surface area (Å²) < 4.78 is 8.56. The van der Waals surface area contributed by atoms with Crippen LogP contribution in [-0.2, 0) is 23.2 Å². The minimum atomic E-state index is -0.571. The largest absolute Gasteiger partial charge is 0.444 e. The molecule has 0 radical (unpaired) electrons. The standard InChI is InChI=1S/C23H29BrN4O3/c1-14-12-28-17(13-27(14)21(30)31-22(2,3)4)18(19(26-28)20(29)25-5)23(9-10-23)15-7-6-8-16(24)11-15/h6-8,11,14H,9-10,12-13H2,1-5H3,(H,25,29). The van der Waals surface area contributed by atoms with E-state index in [-0.39, 0.29) is 23.5 Å². The summed E-state index contributed by atoms with van der Waals surface area (Å²) in [5, 5.41) is 7.45. The molecular weight excluding hydrogens is 460 g/mol. The average molecular weight is 489 g/mol. The predicted molar refractivity (Wildman–Crippen MR) is 121 cm³/mol. The molecule has 1 fully saturated rings. The molecule has 0 spiro atoms. The first kappa shape index (κ1) is 21.9. The molecule has 2 aromatic rings. The number of nitrogens with zero attached hydrogens (tertiary/aromatic N) is 3. The van der Waals surface area contributed by atoms with Gasteiger partial charge in [0.1, 0.15) is 5.60 Å². The number of hydrogen-bond acceptors (Lipinski definition) is 4. The van der Waals surface area contributed by atoms with Crippen LogP contribution in [0, 0.1) is 0 Å². The van der Waals surface area contributed by atoms with Crippen LogP contribution in [0.25, 0.3) is 0 Å². The van der Waals surface area contributed by atoms with Gasteiger partial charge >= 0.3 is 6.09 Å². The van der Waals surface area contributed by atoms with E-state index in [0.29, 0.717) is 18.8 Å². The Bertz CT molecular complexity index is 1040. The summed E-state index contributed by atoms with van der Waals surface area (Å²) in [7, 11) is 1.62. The molecule has 4 rings (SSSR count). The van der Waals surface area contributed by atoms with Crippen LogP contribution >= 0.6 is 15.9 Å². The van der Waals surface area contributed by atoms with Crippen LogP contribution in [-0.4, -0.2) is 45.4 Å². The number of rotatable bonds is 3. The van der Waals surface area contributed by atoms with Crippen LogP contribution in [0.2, 0.25) is 0 Å². The van der Waals surface area contributed by atoms with Crippen LogP contribution in [0.1, 0.15) is 67.8 Å². The molecule has 0 saturated heterocycles. The Morgan fingerprint density at radius 2 is 2.00 bits per heavy atom. The van der Waals surface area contributed by atoms with Crippen LogP contribution in [0.5, 0.6) is 0 Å². The van der Waals surface area contributed by atoms with Gasteiger partial charge in [-0.25, -0.2) is 4.79 Å². The van der Waals surface area contributed by atoms with Gasteiger partial charge in [0.25, 0.3) is 5.91 Å². The first-order valence-electron chi connectivity index (χ1n) is 10.6. The normalized spacial score (nSPS) is 19.5. The van der Waals surface area contributed by atoms with Gasteiger partial charge in [-0.3, -0.25) is 14.4 Å². The Hall–Kier alpha value is -2.35. The molecule has 7 nitrogen and oxygen atoms in total. The highest BCUT2D eigenvalue weighted by molar-refractivity contribution is 9.10. The van der Waals surface area contributed by atoms with Crippen LogP contribution in [0.3, 0.4) is 0 Å². The van der Waals surface area contributed by atoms with Gasteiger partial charge in [0.2, 0.25) is 0 Å². The lowest BCUT2D eigenvalue weighted by Gasteiger charge is -2.36.